The molecular formula is C22H22N4O2S. The summed E-state index contributed by atoms with van der Waals surface area (Å²) in [6.45, 7) is 4.00. The van der Waals surface area contributed by atoms with Crippen LogP contribution in [-0.4, -0.2) is 42.6 Å². The molecule has 1 aliphatic heterocycles. The molecule has 0 bridgehead atoms. The van der Waals surface area contributed by atoms with E-state index in [1.807, 2.05) is 49.3 Å². The van der Waals surface area contributed by atoms with Gasteiger partial charge < -0.3 is 4.90 Å². The third-order valence-corrected chi connectivity index (χ3v) is 5.13. The number of hydrogen-bond donors (Lipinski definition) is 1. The molecule has 29 heavy (non-hydrogen) atoms. The van der Waals surface area contributed by atoms with Crippen LogP contribution in [-0.2, 0) is 4.79 Å². The van der Waals surface area contributed by atoms with Crippen molar-refractivity contribution in [2.24, 2.45) is 4.99 Å². The molecule has 0 radical (unpaired) electrons. The highest BCUT2D eigenvalue weighted by Gasteiger charge is 2.34. The van der Waals surface area contributed by atoms with Crippen LogP contribution in [0.15, 0.2) is 77.1 Å². The Balaban J connectivity index is 1.84. The number of amidine groups is 1. The molecule has 0 atom stereocenters. The monoisotopic (exact) mass is 406 g/mol. The molecule has 1 fully saturated rings. The molecule has 3 rings (SSSR count). The number of rotatable bonds is 6. The zero-order chi connectivity index (χ0) is 20.8. The van der Waals surface area contributed by atoms with Gasteiger partial charge in [0.2, 0.25) is 0 Å². The van der Waals surface area contributed by atoms with Gasteiger partial charge >= 0.3 is 0 Å². The maximum Gasteiger partial charge on any atom is 0.285 e. The van der Waals surface area contributed by atoms with Gasteiger partial charge in [-0.05, 0) is 47.7 Å². The molecule has 7 heteroatoms. The summed E-state index contributed by atoms with van der Waals surface area (Å²) in [6.07, 6.45) is 3.43. The Morgan fingerprint density at radius 3 is 2.48 bits per heavy atom. The molecule has 1 N–H and O–H groups in total. The van der Waals surface area contributed by atoms with Gasteiger partial charge in [-0.3, -0.25) is 20.0 Å². The quantitative estimate of drug-likeness (QED) is 0.589. The van der Waals surface area contributed by atoms with Gasteiger partial charge in [-0.15, -0.1) is 6.58 Å². The van der Waals surface area contributed by atoms with Gasteiger partial charge in [0.05, 0.1) is 11.4 Å². The zero-order valence-corrected chi connectivity index (χ0v) is 17.1. The van der Waals surface area contributed by atoms with Gasteiger partial charge in [0, 0.05) is 25.3 Å². The summed E-state index contributed by atoms with van der Waals surface area (Å²) in [6, 6.07) is 16.6. The third-order valence-electron chi connectivity index (χ3n) is 4.12. The Labute approximate surface area is 174 Å². The van der Waals surface area contributed by atoms with Crippen LogP contribution in [0.4, 0.5) is 5.69 Å². The second-order valence-electron chi connectivity index (χ2n) is 6.46. The first-order valence-corrected chi connectivity index (χ1v) is 9.84. The summed E-state index contributed by atoms with van der Waals surface area (Å²) < 4.78 is 0. The molecule has 0 saturated carbocycles. The highest BCUT2D eigenvalue weighted by Crippen LogP contribution is 2.31. The van der Waals surface area contributed by atoms with E-state index < -0.39 is 0 Å². The molecule has 0 aliphatic carbocycles. The summed E-state index contributed by atoms with van der Waals surface area (Å²) in [5.74, 6) is -0.693. The smallest absolute Gasteiger partial charge is 0.285 e. The predicted molar refractivity (Wildman–Crippen MR) is 120 cm³/mol. The maximum absolute atomic E-state index is 12.9. The number of carbonyl (C=O) groups excluding carboxylic acids is 2. The fourth-order valence-corrected chi connectivity index (χ4v) is 3.53. The summed E-state index contributed by atoms with van der Waals surface area (Å²) in [5.41, 5.74) is 5.08. The highest BCUT2D eigenvalue weighted by molar-refractivity contribution is 8.18. The van der Waals surface area contributed by atoms with Crippen molar-refractivity contribution >= 4 is 40.5 Å². The Kier molecular flexibility index (Phi) is 6.51. The van der Waals surface area contributed by atoms with Crippen molar-refractivity contribution in [3.63, 3.8) is 0 Å². The van der Waals surface area contributed by atoms with Crippen LogP contribution in [0.3, 0.4) is 0 Å². The summed E-state index contributed by atoms with van der Waals surface area (Å²) >= 11 is 1.22. The SMILES string of the molecule is C=CCN=C1S/C(=C\c2ccc(N(C)C)cc2)C(=O)N1NC(=O)c1ccccc1. The predicted octanol–water partition coefficient (Wildman–Crippen LogP) is 3.56. The Hall–Kier alpha value is -3.32. The van der Waals surface area contributed by atoms with E-state index in [9.17, 15) is 9.59 Å². The van der Waals surface area contributed by atoms with Crippen molar-refractivity contribution in [1.29, 1.82) is 0 Å². The first kappa shape index (κ1) is 20.4. The van der Waals surface area contributed by atoms with Crippen molar-refractivity contribution in [2.75, 3.05) is 25.5 Å². The summed E-state index contributed by atoms with van der Waals surface area (Å²) in [4.78, 5) is 32.3. The van der Waals surface area contributed by atoms with Crippen molar-refractivity contribution in [3.8, 4) is 0 Å². The van der Waals surface area contributed by atoms with Crippen LogP contribution in [0.25, 0.3) is 6.08 Å². The third kappa shape index (κ3) is 4.94. The molecule has 148 valence electrons. The fourth-order valence-electron chi connectivity index (χ4n) is 2.60. The minimum atomic E-state index is -0.373. The molecule has 2 amide bonds. The lowest BCUT2D eigenvalue weighted by molar-refractivity contribution is -0.123. The van der Waals surface area contributed by atoms with E-state index in [-0.39, 0.29) is 11.8 Å². The number of amides is 2. The van der Waals surface area contributed by atoms with E-state index in [1.54, 1.807) is 36.4 Å². The van der Waals surface area contributed by atoms with Gasteiger partial charge in [0.25, 0.3) is 11.8 Å². The topological polar surface area (TPSA) is 65.0 Å². The lowest BCUT2D eigenvalue weighted by Gasteiger charge is -2.16. The minimum absolute atomic E-state index is 0.321. The molecule has 1 heterocycles. The van der Waals surface area contributed by atoms with Crippen LogP contribution in [0.2, 0.25) is 0 Å². The molecule has 1 saturated heterocycles. The van der Waals surface area contributed by atoms with Crippen LogP contribution >= 0.6 is 11.8 Å². The average molecular weight is 407 g/mol. The average Bonchev–Trinajstić information content (AvgIpc) is 3.02. The number of thioether (sulfide) groups is 1. The van der Waals surface area contributed by atoms with Crippen molar-refractivity contribution < 1.29 is 9.59 Å². The van der Waals surface area contributed by atoms with Gasteiger partial charge in [-0.1, -0.05) is 36.4 Å². The number of nitrogens with one attached hydrogen (secondary N) is 1. The first-order valence-electron chi connectivity index (χ1n) is 9.02. The van der Waals surface area contributed by atoms with Crippen LogP contribution < -0.4 is 10.3 Å². The Morgan fingerprint density at radius 2 is 1.86 bits per heavy atom. The van der Waals surface area contributed by atoms with Crippen molar-refractivity contribution in [1.82, 2.24) is 10.4 Å². The second-order valence-corrected chi connectivity index (χ2v) is 7.47. The van der Waals surface area contributed by atoms with E-state index in [0.29, 0.717) is 22.2 Å². The van der Waals surface area contributed by atoms with Crippen molar-refractivity contribution in [3.05, 3.63) is 83.3 Å². The van der Waals surface area contributed by atoms with Gasteiger partial charge in [0.15, 0.2) is 5.17 Å². The largest absolute Gasteiger partial charge is 0.378 e. The number of carbonyl (C=O) groups is 2. The van der Waals surface area contributed by atoms with E-state index >= 15 is 0 Å². The van der Waals surface area contributed by atoms with Crippen LogP contribution in [0.1, 0.15) is 15.9 Å². The maximum atomic E-state index is 12.9. The molecule has 2 aromatic carbocycles. The van der Waals surface area contributed by atoms with Crippen LogP contribution in [0.5, 0.6) is 0 Å². The molecule has 2 aromatic rings. The van der Waals surface area contributed by atoms with E-state index in [1.165, 1.54) is 16.8 Å². The first-order chi connectivity index (χ1) is 14.0. The molecule has 0 aromatic heterocycles. The van der Waals surface area contributed by atoms with Gasteiger partial charge in [-0.25, -0.2) is 0 Å². The summed E-state index contributed by atoms with van der Waals surface area (Å²) in [7, 11) is 3.94. The summed E-state index contributed by atoms with van der Waals surface area (Å²) in [5, 5.41) is 1.61. The van der Waals surface area contributed by atoms with E-state index in [0.717, 1.165) is 11.3 Å². The number of benzene rings is 2. The lowest BCUT2D eigenvalue weighted by atomic mass is 10.2. The lowest BCUT2D eigenvalue weighted by Crippen LogP contribution is -2.45. The molecular weight excluding hydrogens is 384 g/mol. The normalized spacial score (nSPS) is 16.3. The molecule has 0 spiro atoms. The second kappa shape index (κ2) is 9.25. The van der Waals surface area contributed by atoms with E-state index in [4.69, 9.17) is 0 Å². The number of hydrazine groups is 1. The van der Waals surface area contributed by atoms with Gasteiger partial charge in [0.1, 0.15) is 0 Å². The van der Waals surface area contributed by atoms with Gasteiger partial charge in [-0.2, -0.15) is 5.01 Å². The number of hydrogen-bond acceptors (Lipinski definition) is 5. The zero-order valence-electron chi connectivity index (χ0n) is 16.3. The molecule has 6 nitrogen and oxygen atoms in total. The molecule has 1 aliphatic rings. The van der Waals surface area contributed by atoms with Crippen molar-refractivity contribution in [2.45, 2.75) is 0 Å². The molecule has 0 unspecified atom stereocenters. The number of nitrogens with zero attached hydrogens (tertiary/aromatic N) is 3. The number of anilines is 1. The van der Waals surface area contributed by atoms with Crippen LogP contribution in [0, 0.1) is 0 Å². The highest BCUT2D eigenvalue weighted by atomic mass is 32.2. The number of aliphatic imine (C=N–C) groups is 1. The van der Waals surface area contributed by atoms with E-state index in [2.05, 4.69) is 17.0 Å². The fraction of sp³-hybridized carbons (Fsp3) is 0.136. The standard InChI is InChI=1S/C22H22N4O2S/c1-4-14-23-22-26(24-20(27)17-8-6-5-7-9-17)21(28)19(29-22)15-16-10-12-18(13-11-16)25(2)3/h4-13,15H,1,14H2,2-3H3,(H,24,27)/b19-15-,23-22?. The Bertz CT molecular complexity index is 966. The Morgan fingerprint density at radius 1 is 1.17 bits per heavy atom. The minimum Gasteiger partial charge on any atom is -0.378 e.